The van der Waals surface area contributed by atoms with Crippen molar-refractivity contribution in [3.63, 3.8) is 0 Å². The lowest BCUT2D eigenvalue weighted by molar-refractivity contribution is 0.319. The van der Waals surface area contributed by atoms with Crippen molar-refractivity contribution >= 4 is 12.4 Å². The van der Waals surface area contributed by atoms with E-state index in [9.17, 15) is 0 Å². The van der Waals surface area contributed by atoms with Crippen molar-refractivity contribution in [2.45, 2.75) is 70.6 Å². The zero-order valence-electron chi connectivity index (χ0n) is 18.5. The Morgan fingerprint density at radius 2 is 1.43 bits per heavy atom. The molecule has 1 aliphatic carbocycles. The second-order valence-electron chi connectivity index (χ2n) is 8.56. The fourth-order valence-corrected chi connectivity index (χ4v) is 4.35. The van der Waals surface area contributed by atoms with E-state index in [0.717, 1.165) is 35.8 Å². The first-order valence-electron chi connectivity index (χ1n) is 11.6. The van der Waals surface area contributed by atoms with Crippen LogP contribution in [0.1, 0.15) is 86.5 Å². The van der Waals surface area contributed by atoms with E-state index < -0.39 is 0 Å². The molecule has 3 rings (SSSR count). The van der Waals surface area contributed by atoms with Crippen molar-refractivity contribution in [2.24, 2.45) is 16.1 Å². The summed E-state index contributed by atoms with van der Waals surface area (Å²) in [6, 6.07) is 17.5. The summed E-state index contributed by atoms with van der Waals surface area (Å²) in [6.45, 7) is 6.10. The minimum absolute atomic E-state index is 0.738. The molecule has 158 valence electrons. The molecule has 0 atom stereocenters. The number of rotatable bonds is 10. The first-order valence-corrected chi connectivity index (χ1v) is 11.6. The molecule has 0 radical (unpaired) electrons. The van der Waals surface area contributed by atoms with Crippen LogP contribution in [0.4, 0.5) is 0 Å². The van der Waals surface area contributed by atoms with Gasteiger partial charge in [0.2, 0.25) is 0 Å². The summed E-state index contributed by atoms with van der Waals surface area (Å²) in [4.78, 5) is 0. The maximum atomic E-state index is 4.23. The van der Waals surface area contributed by atoms with Crippen molar-refractivity contribution in [1.29, 1.82) is 0 Å². The van der Waals surface area contributed by atoms with Crippen LogP contribution in [0, 0.1) is 5.92 Å². The van der Waals surface area contributed by atoms with E-state index in [1.54, 1.807) is 0 Å². The molecule has 0 saturated heterocycles. The standard InChI is InChI=1S/C28H36N2/c1-3-5-6-7-8-24-9-11-25(12-10-24)21-29-30-22-26-15-19-28(20-16-26)27-17-13-23(4-2)14-18-27/h3,9-12,15-16,19-23,27H,1,4-8,13-14,17-18H2,2H3/t23-,27-. The summed E-state index contributed by atoms with van der Waals surface area (Å²) in [5, 5.41) is 8.44. The minimum Gasteiger partial charge on any atom is -0.159 e. The molecule has 2 aromatic carbocycles. The zero-order chi connectivity index (χ0) is 21.0. The molecule has 0 spiro atoms. The van der Waals surface area contributed by atoms with Gasteiger partial charge in [-0.1, -0.05) is 68.0 Å². The fourth-order valence-electron chi connectivity index (χ4n) is 4.35. The number of benzene rings is 2. The van der Waals surface area contributed by atoms with Crippen molar-refractivity contribution in [3.8, 4) is 0 Å². The van der Waals surface area contributed by atoms with E-state index in [2.05, 4.69) is 72.2 Å². The van der Waals surface area contributed by atoms with Gasteiger partial charge in [0.15, 0.2) is 0 Å². The average Bonchev–Trinajstić information content (AvgIpc) is 2.81. The van der Waals surface area contributed by atoms with E-state index in [1.165, 1.54) is 56.1 Å². The van der Waals surface area contributed by atoms with Gasteiger partial charge in [-0.2, -0.15) is 10.2 Å². The van der Waals surface area contributed by atoms with Gasteiger partial charge < -0.3 is 0 Å². The normalized spacial score (nSPS) is 19.5. The highest BCUT2D eigenvalue weighted by Crippen LogP contribution is 2.36. The molecule has 0 N–H and O–H groups in total. The van der Waals surface area contributed by atoms with Gasteiger partial charge in [-0.25, -0.2) is 0 Å². The van der Waals surface area contributed by atoms with Crippen LogP contribution < -0.4 is 0 Å². The summed E-state index contributed by atoms with van der Waals surface area (Å²) in [5.41, 5.74) is 5.05. The van der Waals surface area contributed by atoms with Crippen LogP contribution in [0.3, 0.4) is 0 Å². The Morgan fingerprint density at radius 3 is 2.00 bits per heavy atom. The van der Waals surface area contributed by atoms with Gasteiger partial charge >= 0.3 is 0 Å². The number of unbranched alkanes of at least 4 members (excludes halogenated alkanes) is 2. The van der Waals surface area contributed by atoms with Crippen LogP contribution in [-0.2, 0) is 6.42 Å². The SMILES string of the molecule is C=CCCCCc1ccc(C=NN=Cc2ccc([C@H]3CC[C@H](CC)CC3)cc2)cc1. The van der Waals surface area contributed by atoms with Crippen LogP contribution in [0.15, 0.2) is 71.4 Å². The molecule has 30 heavy (non-hydrogen) atoms. The molecule has 0 amide bonds. The Hall–Kier alpha value is -2.48. The van der Waals surface area contributed by atoms with Gasteiger partial charge in [0.1, 0.15) is 0 Å². The molecule has 2 aromatic rings. The maximum absolute atomic E-state index is 4.23. The van der Waals surface area contributed by atoms with Crippen molar-refractivity contribution in [2.75, 3.05) is 0 Å². The molecule has 0 aliphatic heterocycles. The lowest BCUT2D eigenvalue weighted by Crippen LogP contribution is -2.12. The second-order valence-corrected chi connectivity index (χ2v) is 8.56. The number of allylic oxidation sites excluding steroid dienone is 1. The number of hydrogen-bond acceptors (Lipinski definition) is 2. The van der Waals surface area contributed by atoms with E-state index in [0.29, 0.717) is 0 Å². The lowest BCUT2D eigenvalue weighted by Gasteiger charge is -2.28. The molecule has 1 aliphatic rings. The molecule has 2 nitrogen and oxygen atoms in total. The first kappa shape index (κ1) is 22.2. The molecule has 1 fully saturated rings. The van der Waals surface area contributed by atoms with E-state index in [1.807, 2.05) is 18.5 Å². The Labute approximate surface area is 182 Å². The molecule has 0 bridgehead atoms. The van der Waals surface area contributed by atoms with E-state index in [-0.39, 0.29) is 0 Å². The second kappa shape index (κ2) is 12.3. The van der Waals surface area contributed by atoms with Crippen LogP contribution in [-0.4, -0.2) is 12.4 Å². The third kappa shape index (κ3) is 7.09. The highest BCUT2D eigenvalue weighted by atomic mass is 15.2. The number of nitrogens with zero attached hydrogens (tertiary/aromatic N) is 2. The Bertz CT molecular complexity index is 807. The molecular formula is C28H36N2. The van der Waals surface area contributed by atoms with Gasteiger partial charge in [0, 0.05) is 0 Å². The first-order chi connectivity index (χ1) is 14.8. The average molecular weight is 401 g/mol. The van der Waals surface area contributed by atoms with Crippen LogP contribution >= 0.6 is 0 Å². The minimum atomic E-state index is 0.738. The monoisotopic (exact) mass is 400 g/mol. The summed E-state index contributed by atoms with van der Waals surface area (Å²) < 4.78 is 0. The predicted molar refractivity (Wildman–Crippen MR) is 131 cm³/mol. The largest absolute Gasteiger partial charge is 0.159 e. The van der Waals surface area contributed by atoms with Gasteiger partial charge in [0.25, 0.3) is 0 Å². The smallest absolute Gasteiger partial charge is 0.0568 e. The summed E-state index contributed by atoms with van der Waals surface area (Å²) in [6.07, 6.45) is 17.1. The topological polar surface area (TPSA) is 24.7 Å². The molecule has 2 heteroatoms. The van der Waals surface area contributed by atoms with Gasteiger partial charge in [-0.3, -0.25) is 0 Å². The maximum Gasteiger partial charge on any atom is 0.0568 e. The molecule has 0 aromatic heterocycles. The summed E-state index contributed by atoms with van der Waals surface area (Å²) in [5.74, 6) is 1.69. The third-order valence-electron chi connectivity index (χ3n) is 6.42. The molecule has 0 unspecified atom stereocenters. The highest BCUT2D eigenvalue weighted by Gasteiger charge is 2.20. The summed E-state index contributed by atoms with van der Waals surface area (Å²) >= 11 is 0. The number of hydrogen-bond donors (Lipinski definition) is 0. The molecule has 0 heterocycles. The van der Waals surface area contributed by atoms with Crippen molar-refractivity contribution < 1.29 is 0 Å². The Kier molecular flexibility index (Phi) is 9.08. The van der Waals surface area contributed by atoms with Crippen molar-refractivity contribution in [1.82, 2.24) is 0 Å². The van der Waals surface area contributed by atoms with E-state index >= 15 is 0 Å². The van der Waals surface area contributed by atoms with Gasteiger partial charge in [0.05, 0.1) is 12.4 Å². The lowest BCUT2D eigenvalue weighted by atomic mass is 9.78. The Morgan fingerprint density at radius 1 is 0.833 bits per heavy atom. The summed E-state index contributed by atoms with van der Waals surface area (Å²) in [7, 11) is 0. The molecule has 1 saturated carbocycles. The third-order valence-corrected chi connectivity index (χ3v) is 6.42. The van der Waals surface area contributed by atoms with Gasteiger partial charge in [-0.05, 0) is 85.5 Å². The highest BCUT2D eigenvalue weighted by molar-refractivity contribution is 5.82. The molecular weight excluding hydrogens is 364 g/mol. The number of aryl methyl sites for hydroxylation is 1. The fraction of sp³-hybridized carbons (Fsp3) is 0.429. The van der Waals surface area contributed by atoms with Crippen molar-refractivity contribution in [3.05, 3.63) is 83.4 Å². The van der Waals surface area contributed by atoms with E-state index in [4.69, 9.17) is 0 Å². The van der Waals surface area contributed by atoms with Crippen LogP contribution in [0.2, 0.25) is 0 Å². The zero-order valence-corrected chi connectivity index (χ0v) is 18.5. The van der Waals surface area contributed by atoms with Gasteiger partial charge in [-0.15, -0.1) is 6.58 Å². The Balaban J connectivity index is 1.45. The predicted octanol–water partition coefficient (Wildman–Crippen LogP) is 7.72. The quantitative estimate of drug-likeness (QED) is 0.169. The van der Waals surface area contributed by atoms with Crippen LogP contribution in [0.25, 0.3) is 0 Å². The van der Waals surface area contributed by atoms with Crippen LogP contribution in [0.5, 0.6) is 0 Å².